The molecule has 0 atom stereocenters. The minimum absolute atomic E-state index is 0.130. The predicted octanol–water partition coefficient (Wildman–Crippen LogP) is 3.61. The van der Waals surface area contributed by atoms with E-state index in [1.54, 1.807) is 0 Å². The molecule has 4 rings (SSSR count). The number of hydrogen-bond donors (Lipinski definition) is 0. The van der Waals surface area contributed by atoms with Crippen molar-refractivity contribution in [1.29, 1.82) is 0 Å². The Hall–Kier alpha value is -2.56. The second-order valence-corrected chi connectivity index (χ2v) is 6.67. The fourth-order valence-corrected chi connectivity index (χ4v) is 3.11. The van der Waals surface area contributed by atoms with Crippen LogP contribution in [0.25, 0.3) is 11.4 Å². The maximum Gasteiger partial charge on any atom is 0.140 e. The highest BCUT2D eigenvalue weighted by Gasteiger charge is 2.30. The third-order valence-corrected chi connectivity index (χ3v) is 4.05. The Kier molecular flexibility index (Phi) is 3.04. The van der Waals surface area contributed by atoms with Crippen molar-refractivity contribution in [2.75, 3.05) is 0 Å². The van der Waals surface area contributed by atoms with Crippen LogP contribution in [0, 0.1) is 6.92 Å². The van der Waals surface area contributed by atoms with Gasteiger partial charge in [-0.3, -0.25) is 0 Å². The van der Waals surface area contributed by atoms with E-state index in [1.807, 2.05) is 31.5 Å². The van der Waals surface area contributed by atoms with E-state index in [9.17, 15) is 0 Å². The highest BCUT2D eigenvalue weighted by Crippen LogP contribution is 2.37. The summed E-state index contributed by atoms with van der Waals surface area (Å²) in [5.74, 6) is 2.72. The first-order chi connectivity index (χ1) is 11.0. The SMILES string of the molecule is Cc1cc(Cn2ccnc2-c2ccc3c(c2)CC(C)(C)O3)no1. The molecule has 23 heavy (non-hydrogen) atoms. The molecule has 3 heterocycles. The van der Waals surface area contributed by atoms with Gasteiger partial charge in [-0.05, 0) is 44.5 Å². The molecule has 0 N–H and O–H groups in total. The Bertz CT molecular complexity index is 861. The van der Waals surface area contributed by atoms with Crippen LogP contribution in [0.3, 0.4) is 0 Å². The van der Waals surface area contributed by atoms with Crippen LogP contribution in [0.1, 0.15) is 30.9 Å². The molecule has 0 bridgehead atoms. The van der Waals surface area contributed by atoms with Gasteiger partial charge in [-0.15, -0.1) is 0 Å². The average Bonchev–Trinajstić information content (AvgIpc) is 3.16. The lowest BCUT2D eigenvalue weighted by Gasteiger charge is -2.16. The molecule has 0 fully saturated rings. The number of hydrogen-bond acceptors (Lipinski definition) is 4. The Morgan fingerprint density at radius 1 is 1.26 bits per heavy atom. The topological polar surface area (TPSA) is 53.1 Å². The van der Waals surface area contributed by atoms with Gasteiger partial charge in [0.05, 0.1) is 6.54 Å². The van der Waals surface area contributed by atoms with Crippen molar-refractivity contribution in [3.63, 3.8) is 0 Å². The summed E-state index contributed by atoms with van der Waals surface area (Å²) >= 11 is 0. The molecule has 1 aliphatic heterocycles. The maximum atomic E-state index is 5.95. The Morgan fingerprint density at radius 2 is 2.13 bits per heavy atom. The van der Waals surface area contributed by atoms with E-state index < -0.39 is 0 Å². The van der Waals surface area contributed by atoms with Gasteiger partial charge in [0.25, 0.3) is 0 Å². The second kappa shape index (κ2) is 4.98. The molecule has 0 unspecified atom stereocenters. The Balaban J connectivity index is 1.66. The molecule has 0 spiro atoms. The van der Waals surface area contributed by atoms with Crippen LogP contribution in [0.4, 0.5) is 0 Å². The highest BCUT2D eigenvalue weighted by atomic mass is 16.5. The summed E-state index contributed by atoms with van der Waals surface area (Å²) in [5.41, 5.74) is 3.09. The fraction of sp³-hybridized carbons (Fsp3) is 0.333. The number of aryl methyl sites for hydroxylation is 1. The number of ether oxygens (including phenoxy) is 1. The van der Waals surface area contributed by atoms with Gasteiger partial charge in [0.15, 0.2) is 0 Å². The molecule has 2 aromatic heterocycles. The summed E-state index contributed by atoms with van der Waals surface area (Å²) < 4.78 is 13.2. The molecule has 0 radical (unpaired) electrons. The van der Waals surface area contributed by atoms with Crippen molar-refractivity contribution in [2.24, 2.45) is 0 Å². The van der Waals surface area contributed by atoms with E-state index >= 15 is 0 Å². The van der Waals surface area contributed by atoms with Crippen LogP contribution in [-0.2, 0) is 13.0 Å². The first kappa shape index (κ1) is 14.1. The maximum absolute atomic E-state index is 5.95. The van der Waals surface area contributed by atoms with Crippen molar-refractivity contribution in [3.05, 3.63) is 53.7 Å². The summed E-state index contributed by atoms with van der Waals surface area (Å²) in [5, 5.41) is 4.06. The van der Waals surface area contributed by atoms with Gasteiger partial charge in [0.2, 0.25) is 0 Å². The van der Waals surface area contributed by atoms with Crippen LogP contribution in [0.2, 0.25) is 0 Å². The first-order valence-electron chi connectivity index (χ1n) is 7.76. The van der Waals surface area contributed by atoms with E-state index in [0.717, 1.165) is 35.0 Å². The molecule has 0 amide bonds. The van der Waals surface area contributed by atoms with Gasteiger partial charge in [0.1, 0.15) is 28.6 Å². The number of imidazole rings is 1. The summed E-state index contributed by atoms with van der Waals surface area (Å²) in [7, 11) is 0. The van der Waals surface area contributed by atoms with Crippen molar-refractivity contribution < 1.29 is 9.26 Å². The van der Waals surface area contributed by atoms with E-state index in [2.05, 4.69) is 40.7 Å². The normalized spacial score (nSPS) is 15.4. The number of rotatable bonds is 3. The minimum Gasteiger partial charge on any atom is -0.487 e. The largest absolute Gasteiger partial charge is 0.487 e. The molecule has 1 aliphatic rings. The summed E-state index contributed by atoms with van der Waals surface area (Å²) in [6.07, 6.45) is 4.70. The number of benzene rings is 1. The first-order valence-corrected chi connectivity index (χ1v) is 7.76. The number of nitrogens with zero attached hydrogens (tertiary/aromatic N) is 3. The van der Waals surface area contributed by atoms with Crippen LogP contribution >= 0.6 is 0 Å². The molecule has 5 heteroatoms. The lowest BCUT2D eigenvalue weighted by Crippen LogP contribution is -2.24. The van der Waals surface area contributed by atoms with Crippen molar-refractivity contribution in [3.8, 4) is 17.1 Å². The summed E-state index contributed by atoms with van der Waals surface area (Å²) in [6.45, 7) is 6.76. The minimum atomic E-state index is -0.130. The lowest BCUT2D eigenvalue weighted by molar-refractivity contribution is 0.138. The molecule has 0 aliphatic carbocycles. The van der Waals surface area contributed by atoms with Gasteiger partial charge in [-0.2, -0.15) is 0 Å². The van der Waals surface area contributed by atoms with E-state index in [-0.39, 0.29) is 5.60 Å². The van der Waals surface area contributed by atoms with Gasteiger partial charge in [-0.25, -0.2) is 4.98 Å². The van der Waals surface area contributed by atoms with E-state index in [0.29, 0.717) is 6.54 Å². The molecular formula is C18H19N3O2. The fourth-order valence-electron chi connectivity index (χ4n) is 3.11. The van der Waals surface area contributed by atoms with Crippen LogP contribution in [0.15, 0.2) is 41.2 Å². The summed E-state index contributed by atoms with van der Waals surface area (Å²) in [4.78, 5) is 4.51. The number of aromatic nitrogens is 3. The van der Waals surface area contributed by atoms with Crippen LogP contribution in [-0.4, -0.2) is 20.3 Å². The molecule has 1 aromatic carbocycles. The number of fused-ring (bicyclic) bond motifs is 1. The molecule has 0 saturated carbocycles. The third-order valence-electron chi connectivity index (χ3n) is 4.05. The van der Waals surface area contributed by atoms with Crippen molar-refractivity contribution >= 4 is 0 Å². The zero-order valence-corrected chi connectivity index (χ0v) is 13.5. The van der Waals surface area contributed by atoms with E-state index in [4.69, 9.17) is 9.26 Å². The standard InChI is InChI=1S/C18H19N3O2/c1-12-8-15(20-23-12)11-21-7-6-19-17(21)13-4-5-16-14(9-13)10-18(2,3)22-16/h4-9H,10-11H2,1-3H3. The molecule has 3 aromatic rings. The van der Waals surface area contributed by atoms with Crippen LogP contribution in [0.5, 0.6) is 5.75 Å². The average molecular weight is 309 g/mol. The van der Waals surface area contributed by atoms with Gasteiger partial charge in [-0.1, -0.05) is 5.16 Å². The zero-order chi connectivity index (χ0) is 16.0. The zero-order valence-electron chi connectivity index (χ0n) is 13.5. The van der Waals surface area contributed by atoms with Gasteiger partial charge < -0.3 is 13.8 Å². The molecule has 118 valence electrons. The van der Waals surface area contributed by atoms with Crippen molar-refractivity contribution in [1.82, 2.24) is 14.7 Å². The molecule has 5 nitrogen and oxygen atoms in total. The molecular weight excluding hydrogens is 290 g/mol. The van der Waals surface area contributed by atoms with Crippen molar-refractivity contribution in [2.45, 2.75) is 39.3 Å². The second-order valence-electron chi connectivity index (χ2n) is 6.67. The monoisotopic (exact) mass is 309 g/mol. The smallest absolute Gasteiger partial charge is 0.140 e. The highest BCUT2D eigenvalue weighted by molar-refractivity contribution is 5.60. The lowest BCUT2D eigenvalue weighted by atomic mass is 10.00. The summed E-state index contributed by atoms with van der Waals surface area (Å²) in [6, 6.07) is 8.23. The third kappa shape index (κ3) is 2.63. The quantitative estimate of drug-likeness (QED) is 0.741. The van der Waals surface area contributed by atoms with Gasteiger partial charge >= 0.3 is 0 Å². The Morgan fingerprint density at radius 3 is 2.91 bits per heavy atom. The molecule has 0 saturated heterocycles. The Labute approximate surface area is 134 Å². The van der Waals surface area contributed by atoms with E-state index in [1.165, 1.54) is 5.56 Å². The van der Waals surface area contributed by atoms with Crippen LogP contribution < -0.4 is 4.74 Å². The predicted molar refractivity (Wildman–Crippen MR) is 86.4 cm³/mol. The van der Waals surface area contributed by atoms with Gasteiger partial charge in [0, 0.05) is 30.4 Å².